The summed E-state index contributed by atoms with van der Waals surface area (Å²) in [5.41, 5.74) is 2.33. The first-order valence-electron chi connectivity index (χ1n) is 11.3. The lowest BCUT2D eigenvalue weighted by Gasteiger charge is -2.31. The van der Waals surface area contributed by atoms with Crippen molar-refractivity contribution in [3.05, 3.63) is 105 Å². The average Bonchev–Trinajstić information content (AvgIpc) is 3.24. The molecule has 1 atom stereocenters. The number of aromatic nitrogens is 3. The Morgan fingerprint density at radius 1 is 0.889 bits per heavy atom. The van der Waals surface area contributed by atoms with E-state index in [-0.39, 0.29) is 22.4 Å². The maximum atomic E-state index is 15.3. The van der Waals surface area contributed by atoms with E-state index in [9.17, 15) is 19.8 Å². The zero-order valence-corrected chi connectivity index (χ0v) is 19.4. The van der Waals surface area contributed by atoms with E-state index in [4.69, 9.17) is 0 Å². The number of hydrogen-bond donors (Lipinski definition) is 3. The minimum Gasteiger partial charge on any atom is -0.504 e. The summed E-state index contributed by atoms with van der Waals surface area (Å²) in [6, 6.07) is 17.4. The van der Waals surface area contributed by atoms with Crippen molar-refractivity contribution >= 4 is 16.6 Å². The van der Waals surface area contributed by atoms with Crippen LogP contribution < -0.4 is 16.6 Å². The lowest BCUT2D eigenvalue weighted by Crippen LogP contribution is -2.37. The molecule has 0 spiro atoms. The number of para-hydroxylation sites is 2. The number of hydrogen-bond acceptors (Lipinski definition) is 5. The van der Waals surface area contributed by atoms with Crippen molar-refractivity contribution in [2.75, 3.05) is 5.32 Å². The molecule has 3 heterocycles. The lowest BCUT2D eigenvalue weighted by molar-refractivity contribution is 0.403. The van der Waals surface area contributed by atoms with E-state index in [1.807, 2.05) is 28.8 Å². The maximum absolute atomic E-state index is 15.3. The Morgan fingerprint density at radius 2 is 1.61 bits per heavy atom. The van der Waals surface area contributed by atoms with Gasteiger partial charge in [-0.1, -0.05) is 30.3 Å². The lowest BCUT2D eigenvalue weighted by atomic mass is 9.99. The van der Waals surface area contributed by atoms with Gasteiger partial charge in [-0.2, -0.15) is 0 Å². The van der Waals surface area contributed by atoms with Crippen molar-refractivity contribution in [2.24, 2.45) is 14.1 Å². The maximum Gasteiger partial charge on any atom is 0.331 e. The molecule has 0 bridgehead atoms. The van der Waals surface area contributed by atoms with Crippen LogP contribution in [0.15, 0.2) is 76.3 Å². The molecule has 0 aliphatic carbocycles. The van der Waals surface area contributed by atoms with E-state index in [0.717, 1.165) is 4.57 Å². The number of aryl methyl sites for hydroxylation is 1. The Kier molecular flexibility index (Phi) is 4.59. The van der Waals surface area contributed by atoms with Crippen LogP contribution in [0.1, 0.15) is 17.3 Å². The first-order chi connectivity index (χ1) is 17.3. The topological polar surface area (TPSA) is 101 Å². The summed E-state index contributed by atoms with van der Waals surface area (Å²) in [5, 5.41) is 23.8. The summed E-state index contributed by atoms with van der Waals surface area (Å²) in [7, 11) is 2.97. The van der Waals surface area contributed by atoms with Crippen molar-refractivity contribution in [3.63, 3.8) is 0 Å². The van der Waals surface area contributed by atoms with Gasteiger partial charge >= 0.3 is 5.69 Å². The highest BCUT2D eigenvalue weighted by Crippen LogP contribution is 2.46. The molecule has 0 fully saturated rings. The Hall–Kier alpha value is -4.79. The van der Waals surface area contributed by atoms with Crippen LogP contribution >= 0.6 is 0 Å². The number of phenols is 2. The predicted octanol–water partition coefficient (Wildman–Crippen LogP) is 3.76. The zero-order valence-electron chi connectivity index (χ0n) is 19.4. The quantitative estimate of drug-likeness (QED) is 0.331. The van der Waals surface area contributed by atoms with Crippen LogP contribution in [0, 0.1) is 5.82 Å². The largest absolute Gasteiger partial charge is 0.504 e. The SMILES string of the molecule is Cn1c(=O)c2c(-c3ccccc3F)n3c(c2n(C)c1=O)[C@H](c1ccc(O)c(O)c1)Nc1ccccc1-3. The van der Waals surface area contributed by atoms with Gasteiger partial charge in [0.1, 0.15) is 5.82 Å². The standard InChI is InChI=1S/C27H21FN4O4/c1-30-24-21(26(35)31(2)27(30)36)23(15-7-3-4-8-16(15)28)32-18-10-6-5-9-17(18)29-22(25(24)32)14-11-12-19(33)20(34)13-14/h3-13,22,29,33-34H,1-2H3/t22-/m0/s1. The van der Waals surface area contributed by atoms with Gasteiger partial charge in [-0.25, -0.2) is 9.18 Å². The second-order valence-electron chi connectivity index (χ2n) is 8.82. The number of anilines is 1. The van der Waals surface area contributed by atoms with Crippen molar-refractivity contribution in [3.8, 4) is 28.4 Å². The molecule has 0 saturated carbocycles. The van der Waals surface area contributed by atoms with Crippen LogP contribution in [0.4, 0.5) is 10.1 Å². The molecule has 1 aliphatic rings. The fourth-order valence-corrected chi connectivity index (χ4v) is 5.10. The minimum absolute atomic E-state index is 0.200. The number of nitrogens with zero attached hydrogens (tertiary/aromatic N) is 3. The molecule has 3 aromatic carbocycles. The molecule has 0 radical (unpaired) electrons. The molecule has 9 heteroatoms. The summed E-state index contributed by atoms with van der Waals surface area (Å²) in [6.45, 7) is 0. The fraction of sp³-hybridized carbons (Fsp3) is 0.111. The molecular formula is C27H21FN4O4. The third-order valence-corrected chi connectivity index (χ3v) is 6.79. The number of aromatic hydroxyl groups is 2. The zero-order chi connectivity index (χ0) is 25.3. The Labute approximate surface area is 203 Å². The summed E-state index contributed by atoms with van der Waals surface area (Å²) in [6.07, 6.45) is 0. The highest BCUT2D eigenvalue weighted by Gasteiger charge is 2.35. The number of nitrogens with one attached hydrogen (secondary N) is 1. The van der Waals surface area contributed by atoms with E-state index in [0.29, 0.717) is 33.8 Å². The van der Waals surface area contributed by atoms with Gasteiger partial charge in [0.15, 0.2) is 11.5 Å². The average molecular weight is 484 g/mol. The van der Waals surface area contributed by atoms with Crippen LogP contribution in [-0.2, 0) is 14.1 Å². The molecule has 2 aromatic heterocycles. The van der Waals surface area contributed by atoms with Crippen molar-refractivity contribution < 1.29 is 14.6 Å². The highest BCUT2D eigenvalue weighted by atomic mass is 19.1. The molecule has 0 saturated heterocycles. The van der Waals surface area contributed by atoms with E-state index in [2.05, 4.69) is 5.32 Å². The molecule has 5 aromatic rings. The normalized spacial score (nSPS) is 14.4. The second kappa shape index (κ2) is 7.61. The highest BCUT2D eigenvalue weighted by molar-refractivity contribution is 5.99. The first kappa shape index (κ1) is 21.7. The van der Waals surface area contributed by atoms with E-state index in [1.165, 1.54) is 29.8 Å². The number of fused-ring (bicyclic) bond motifs is 5. The number of benzene rings is 3. The van der Waals surface area contributed by atoms with Crippen LogP contribution in [0.3, 0.4) is 0 Å². The van der Waals surface area contributed by atoms with Crippen molar-refractivity contribution in [1.29, 1.82) is 0 Å². The predicted molar refractivity (Wildman–Crippen MR) is 134 cm³/mol. The van der Waals surface area contributed by atoms with Crippen LogP contribution in [0.2, 0.25) is 0 Å². The van der Waals surface area contributed by atoms with Gasteiger partial charge in [0.2, 0.25) is 0 Å². The first-order valence-corrected chi connectivity index (χ1v) is 11.3. The smallest absolute Gasteiger partial charge is 0.331 e. The third kappa shape index (κ3) is 2.86. The van der Waals surface area contributed by atoms with Gasteiger partial charge in [0, 0.05) is 19.7 Å². The Bertz CT molecular complexity index is 1830. The van der Waals surface area contributed by atoms with Crippen LogP contribution in [0.5, 0.6) is 11.5 Å². The van der Waals surface area contributed by atoms with Crippen LogP contribution in [-0.4, -0.2) is 23.9 Å². The minimum atomic E-state index is -0.646. The molecule has 6 rings (SSSR count). The monoisotopic (exact) mass is 484 g/mol. The molecule has 36 heavy (non-hydrogen) atoms. The van der Waals surface area contributed by atoms with E-state index >= 15 is 4.39 Å². The summed E-state index contributed by atoms with van der Waals surface area (Å²) < 4.78 is 19.5. The molecule has 8 nitrogen and oxygen atoms in total. The molecule has 0 amide bonds. The van der Waals surface area contributed by atoms with Crippen LogP contribution in [0.25, 0.3) is 27.8 Å². The van der Waals surface area contributed by atoms with E-state index in [1.54, 1.807) is 31.3 Å². The second-order valence-corrected chi connectivity index (χ2v) is 8.82. The fourth-order valence-electron chi connectivity index (χ4n) is 5.10. The van der Waals surface area contributed by atoms with E-state index < -0.39 is 23.1 Å². The van der Waals surface area contributed by atoms with Crippen molar-refractivity contribution in [2.45, 2.75) is 6.04 Å². The Morgan fingerprint density at radius 3 is 2.36 bits per heavy atom. The number of phenolic OH excluding ortho intramolecular Hbond substituents is 2. The van der Waals surface area contributed by atoms with Gasteiger partial charge < -0.3 is 20.1 Å². The van der Waals surface area contributed by atoms with Gasteiger partial charge in [-0.05, 0) is 42.0 Å². The number of halogens is 1. The summed E-state index contributed by atoms with van der Waals surface area (Å²) in [5.74, 6) is -1.09. The molecular weight excluding hydrogens is 463 g/mol. The van der Waals surface area contributed by atoms with Gasteiger partial charge in [-0.3, -0.25) is 13.9 Å². The summed E-state index contributed by atoms with van der Waals surface area (Å²) in [4.78, 5) is 26.6. The summed E-state index contributed by atoms with van der Waals surface area (Å²) >= 11 is 0. The molecule has 3 N–H and O–H groups in total. The van der Waals surface area contributed by atoms with Gasteiger partial charge in [0.05, 0.1) is 39.7 Å². The van der Waals surface area contributed by atoms with Crippen molar-refractivity contribution in [1.82, 2.24) is 13.7 Å². The Balaban J connectivity index is 1.87. The molecule has 1 aliphatic heterocycles. The molecule has 180 valence electrons. The molecule has 0 unspecified atom stereocenters. The van der Waals surface area contributed by atoms with Gasteiger partial charge in [0.25, 0.3) is 5.56 Å². The van der Waals surface area contributed by atoms with Gasteiger partial charge in [-0.15, -0.1) is 0 Å². The number of rotatable bonds is 2. The third-order valence-electron chi connectivity index (χ3n) is 6.79.